The molecule has 0 amide bonds. The zero-order valence-electron chi connectivity index (χ0n) is 14.1. The number of ether oxygens (including phenoxy) is 1. The van der Waals surface area contributed by atoms with Crippen LogP contribution >= 0.6 is 23.8 Å². The average molecular weight is 363 g/mol. The Balaban J connectivity index is 1.70. The van der Waals surface area contributed by atoms with Crippen LogP contribution in [0.2, 0.25) is 5.02 Å². The maximum atomic E-state index is 5.88. The van der Waals surface area contributed by atoms with Crippen LogP contribution in [0.3, 0.4) is 0 Å². The van der Waals surface area contributed by atoms with Gasteiger partial charge in [0.1, 0.15) is 5.75 Å². The van der Waals surface area contributed by atoms with Crippen molar-refractivity contribution in [3.05, 3.63) is 64.2 Å². The van der Waals surface area contributed by atoms with E-state index in [0.29, 0.717) is 5.11 Å². The van der Waals surface area contributed by atoms with Crippen LogP contribution < -0.4 is 15.4 Å². The van der Waals surface area contributed by atoms with Crippen molar-refractivity contribution >= 4 is 28.9 Å². The molecule has 0 radical (unpaired) electrons. The van der Waals surface area contributed by atoms with Crippen LogP contribution in [0.4, 0.5) is 0 Å². The van der Waals surface area contributed by atoms with E-state index in [1.807, 2.05) is 30.3 Å². The molecule has 0 unspecified atom stereocenters. The van der Waals surface area contributed by atoms with E-state index in [-0.39, 0.29) is 0 Å². The molecule has 2 aromatic rings. The highest BCUT2D eigenvalue weighted by Crippen LogP contribution is 2.19. The van der Waals surface area contributed by atoms with Crippen LogP contribution in [0.1, 0.15) is 16.7 Å². The lowest BCUT2D eigenvalue weighted by atomic mass is 10.1. The minimum Gasteiger partial charge on any atom is -0.496 e. The van der Waals surface area contributed by atoms with Crippen molar-refractivity contribution in [2.24, 2.45) is 0 Å². The number of methoxy groups -OCH3 is 1. The van der Waals surface area contributed by atoms with Gasteiger partial charge in [0, 0.05) is 18.1 Å². The summed E-state index contributed by atoms with van der Waals surface area (Å²) in [7, 11) is 1.70. The maximum absolute atomic E-state index is 5.88. The minimum absolute atomic E-state index is 0.676. The van der Waals surface area contributed by atoms with Crippen molar-refractivity contribution < 1.29 is 4.74 Å². The summed E-state index contributed by atoms with van der Waals surface area (Å²) in [6, 6.07) is 14.1. The number of halogens is 1. The second kappa shape index (κ2) is 9.50. The minimum atomic E-state index is 0.676. The van der Waals surface area contributed by atoms with Gasteiger partial charge in [0.05, 0.1) is 7.11 Å². The second-order valence-corrected chi connectivity index (χ2v) is 6.47. The van der Waals surface area contributed by atoms with Gasteiger partial charge in [-0.3, -0.25) is 0 Å². The van der Waals surface area contributed by atoms with Gasteiger partial charge in [-0.25, -0.2) is 0 Å². The fourth-order valence-electron chi connectivity index (χ4n) is 2.45. The van der Waals surface area contributed by atoms with Crippen molar-refractivity contribution in [3.63, 3.8) is 0 Å². The first-order valence-electron chi connectivity index (χ1n) is 7.98. The van der Waals surface area contributed by atoms with Crippen LogP contribution in [-0.2, 0) is 12.8 Å². The molecule has 0 bridgehead atoms. The van der Waals surface area contributed by atoms with Crippen LogP contribution in [0.5, 0.6) is 5.75 Å². The number of hydrogen-bond donors (Lipinski definition) is 2. The van der Waals surface area contributed by atoms with Gasteiger partial charge in [0.2, 0.25) is 0 Å². The molecule has 24 heavy (non-hydrogen) atoms. The summed E-state index contributed by atoms with van der Waals surface area (Å²) in [5.41, 5.74) is 3.66. The van der Waals surface area contributed by atoms with E-state index in [9.17, 15) is 0 Å². The molecule has 0 spiro atoms. The van der Waals surface area contributed by atoms with Crippen molar-refractivity contribution in [1.82, 2.24) is 10.6 Å². The second-order valence-electron chi connectivity index (χ2n) is 5.62. The highest BCUT2D eigenvalue weighted by atomic mass is 35.5. The van der Waals surface area contributed by atoms with Crippen molar-refractivity contribution in [2.45, 2.75) is 19.8 Å². The zero-order valence-corrected chi connectivity index (χ0v) is 15.6. The highest BCUT2D eigenvalue weighted by molar-refractivity contribution is 7.80. The lowest BCUT2D eigenvalue weighted by molar-refractivity contribution is 0.409. The van der Waals surface area contributed by atoms with E-state index >= 15 is 0 Å². The molecule has 5 heteroatoms. The van der Waals surface area contributed by atoms with Gasteiger partial charge in [0.25, 0.3) is 0 Å². The van der Waals surface area contributed by atoms with Crippen LogP contribution in [0.25, 0.3) is 0 Å². The van der Waals surface area contributed by atoms with Gasteiger partial charge in [-0.2, -0.15) is 0 Å². The molecule has 0 heterocycles. The summed E-state index contributed by atoms with van der Waals surface area (Å²) in [4.78, 5) is 0. The normalized spacial score (nSPS) is 10.3. The highest BCUT2D eigenvalue weighted by Gasteiger charge is 2.03. The average Bonchev–Trinajstić information content (AvgIpc) is 2.57. The van der Waals surface area contributed by atoms with E-state index in [0.717, 1.165) is 36.7 Å². The Morgan fingerprint density at radius 2 is 1.71 bits per heavy atom. The molecule has 0 aromatic heterocycles. The summed E-state index contributed by atoms with van der Waals surface area (Å²) in [5.74, 6) is 0.920. The van der Waals surface area contributed by atoms with Crippen molar-refractivity contribution in [1.29, 1.82) is 0 Å². The fraction of sp³-hybridized carbons (Fsp3) is 0.316. The first kappa shape index (κ1) is 18.6. The lowest BCUT2D eigenvalue weighted by Crippen LogP contribution is -2.37. The summed E-state index contributed by atoms with van der Waals surface area (Å²) < 4.78 is 5.39. The van der Waals surface area contributed by atoms with Gasteiger partial charge < -0.3 is 15.4 Å². The first-order chi connectivity index (χ1) is 11.6. The molecular formula is C19H23ClN2OS. The largest absolute Gasteiger partial charge is 0.496 e. The Morgan fingerprint density at radius 1 is 1.04 bits per heavy atom. The van der Waals surface area contributed by atoms with Gasteiger partial charge in [0.15, 0.2) is 5.11 Å². The molecule has 0 saturated heterocycles. The van der Waals surface area contributed by atoms with Crippen LogP contribution in [0.15, 0.2) is 42.5 Å². The van der Waals surface area contributed by atoms with Gasteiger partial charge >= 0.3 is 0 Å². The Bertz CT molecular complexity index is 674. The monoisotopic (exact) mass is 362 g/mol. The lowest BCUT2D eigenvalue weighted by Gasteiger charge is -2.12. The molecular weight excluding hydrogens is 340 g/mol. The third kappa shape index (κ3) is 6.02. The number of thiocarbonyl (C=S) groups is 1. The number of rotatable bonds is 7. The van der Waals surface area contributed by atoms with Crippen molar-refractivity contribution in [3.8, 4) is 5.75 Å². The molecule has 0 aliphatic carbocycles. The third-order valence-electron chi connectivity index (χ3n) is 3.73. The predicted molar refractivity (Wildman–Crippen MR) is 105 cm³/mol. The van der Waals surface area contributed by atoms with E-state index in [2.05, 4.69) is 29.7 Å². The molecule has 0 aliphatic rings. The number of nitrogens with one attached hydrogen (secondary N) is 2. The molecule has 3 nitrogen and oxygen atoms in total. The summed E-state index contributed by atoms with van der Waals surface area (Å²) >= 11 is 11.2. The SMILES string of the molecule is COc1ccc(C)cc1CCNC(=S)NCCc1ccc(Cl)cc1. The molecule has 0 atom stereocenters. The quantitative estimate of drug-likeness (QED) is 0.732. The molecule has 0 aliphatic heterocycles. The molecule has 2 aromatic carbocycles. The summed E-state index contributed by atoms with van der Waals surface area (Å²) in [5, 5.41) is 7.91. The van der Waals surface area contributed by atoms with Gasteiger partial charge in [-0.1, -0.05) is 41.4 Å². The van der Waals surface area contributed by atoms with E-state index in [1.165, 1.54) is 16.7 Å². The Labute approximate surface area is 154 Å². The molecule has 128 valence electrons. The smallest absolute Gasteiger partial charge is 0.166 e. The molecule has 2 N–H and O–H groups in total. The summed E-state index contributed by atoms with van der Waals surface area (Å²) in [6.07, 6.45) is 1.77. The maximum Gasteiger partial charge on any atom is 0.166 e. The molecule has 0 saturated carbocycles. The number of aryl methyl sites for hydroxylation is 1. The van der Waals surface area contributed by atoms with Crippen molar-refractivity contribution in [2.75, 3.05) is 20.2 Å². The van der Waals surface area contributed by atoms with Crippen LogP contribution in [0, 0.1) is 6.92 Å². The van der Waals surface area contributed by atoms with Gasteiger partial charge in [-0.05, 0) is 61.3 Å². The fourth-order valence-corrected chi connectivity index (χ4v) is 2.78. The molecule has 2 rings (SSSR count). The predicted octanol–water partition coefficient (Wildman–Crippen LogP) is 3.91. The van der Waals surface area contributed by atoms with E-state index < -0.39 is 0 Å². The first-order valence-corrected chi connectivity index (χ1v) is 8.77. The zero-order chi connectivity index (χ0) is 17.4. The van der Waals surface area contributed by atoms with E-state index in [1.54, 1.807) is 7.11 Å². The van der Waals surface area contributed by atoms with E-state index in [4.69, 9.17) is 28.6 Å². The molecule has 0 fully saturated rings. The summed E-state index contributed by atoms with van der Waals surface area (Å²) in [6.45, 7) is 3.65. The topological polar surface area (TPSA) is 33.3 Å². The third-order valence-corrected chi connectivity index (χ3v) is 4.27. The van der Waals surface area contributed by atoms with Crippen LogP contribution in [-0.4, -0.2) is 25.3 Å². The standard InChI is InChI=1S/C19H23ClN2OS/c1-14-3-8-18(23-2)16(13-14)10-12-22-19(24)21-11-9-15-4-6-17(20)7-5-15/h3-8,13H,9-12H2,1-2H3,(H2,21,22,24). The Hall–Kier alpha value is -1.78. The number of benzene rings is 2. The Morgan fingerprint density at radius 3 is 2.38 bits per heavy atom. The Kier molecular flexibility index (Phi) is 7.35. The number of hydrogen-bond acceptors (Lipinski definition) is 2. The van der Waals surface area contributed by atoms with Gasteiger partial charge in [-0.15, -0.1) is 0 Å².